The number of nitrogens with zero attached hydrogens (tertiary/aromatic N) is 1. The second kappa shape index (κ2) is 12.3. The maximum absolute atomic E-state index is 12.8. The first-order valence-corrected chi connectivity index (χ1v) is 12.3. The Morgan fingerprint density at radius 3 is 2.03 bits per heavy atom. The fraction of sp³-hybridized carbons (Fsp3) is 0.200. The standard InChI is InChI=1S/C23H24N2O4S.C2HF3O2/c1-3-25(16-18-10-5-4-6-11-18)21-14-13-19(15-20(21)23(26)27)24-30(28,29)22-12-8-7-9-17(22)2;3-2(4,5)1(6)7/h4-15,24H,3,16H2,1-2H3,(H,26,27);(H,6,7). The molecule has 0 atom stereocenters. The van der Waals surface area contributed by atoms with Gasteiger partial charge in [-0.15, -0.1) is 0 Å². The number of carboxylic acids is 2. The number of hydrogen-bond donors (Lipinski definition) is 3. The summed E-state index contributed by atoms with van der Waals surface area (Å²) in [5, 5.41) is 16.9. The van der Waals surface area contributed by atoms with Crippen molar-refractivity contribution in [1.82, 2.24) is 0 Å². The molecule has 0 amide bonds. The van der Waals surface area contributed by atoms with Gasteiger partial charge in [0.1, 0.15) is 0 Å². The molecule has 0 aromatic heterocycles. The van der Waals surface area contributed by atoms with Crippen LogP contribution in [0.25, 0.3) is 0 Å². The van der Waals surface area contributed by atoms with Crippen molar-refractivity contribution in [3.05, 3.63) is 89.5 Å². The lowest BCUT2D eigenvalue weighted by Crippen LogP contribution is -2.24. The highest BCUT2D eigenvalue weighted by atomic mass is 32.2. The van der Waals surface area contributed by atoms with Crippen molar-refractivity contribution in [2.24, 2.45) is 0 Å². The van der Waals surface area contributed by atoms with Crippen LogP contribution in [0.15, 0.2) is 77.7 Å². The van der Waals surface area contributed by atoms with Crippen molar-refractivity contribution in [1.29, 1.82) is 0 Å². The normalized spacial score (nSPS) is 11.2. The third kappa shape index (κ3) is 8.24. The van der Waals surface area contributed by atoms with Gasteiger partial charge in [-0.05, 0) is 49.2 Å². The Balaban J connectivity index is 0.000000604. The van der Waals surface area contributed by atoms with Gasteiger partial charge in [0.15, 0.2) is 0 Å². The fourth-order valence-electron chi connectivity index (χ4n) is 3.29. The maximum Gasteiger partial charge on any atom is 0.490 e. The number of aliphatic carboxylic acids is 1. The van der Waals surface area contributed by atoms with Crippen molar-refractivity contribution in [3.63, 3.8) is 0 Å². The Morgan fingerprint density at radius 2 is 1.51 bits per heavy atom. The molecule has 0 saturated heterocycles. The summed E-state index contributed by atoms with van der Waals surface area (Å²) in [5.74, 6) is -3.87. The van der Waals surface area contributed by atoms with E-state index in [1.165, 1.54) is 12.1 Å². The van der Waals surface area contributed by atoms with Crippen LogP contribution in [0.5, 0.6) is 0 Å². The van der Waals surface area contributed by atoms with Gasteiger partial charge < -0.3 is 15.1 Å². The molecule has 0 aliphatic rings. The number of aromatic carboxylic acids is 1. The van der Waals surface area contributed by atoms with E-state index in [1.807, 2.05) is 42.2 Å². The second-order valence-corrected chi connectivity index (χ2v) is 9.36. The molecular formula is C25H25F3N2O6S. The number of hydrogen-bond acceptors (Lipinski definition) is 5. The summed E-state index contributed by atoms with van der Waals surface area (Å²) in [5.41, 5.74) is 2.45. The molecule has 12 heteroatoms. The Labute approximate surface area is 212 Å². The molecule has 3 N–H and O–H groups in total. The van der Waals surface area contributed by atoms with Gasteiger partial charge in [0.05, 0.1) is 16.1 Å². The molecule has 0 spiro atoms. The number of alkyl halides is 3. The number of anilines is 2. The first-order valence-electron chi connectivity index (χ1n) is 10.8. The summed E-state index contributed by atoms with van der Waals surface area (Å²) in [7, 11) is -3.83. The number of aryl methyl sites for hydroxylation is 1. The summed E-state index contributed by atoms with van der Waals surface area (Å²) < 4.78 is 59.7. The topological polar surface area (TPSA) is 124 Å². The zero-order chi connectivity index (χ0) is 27.8. The molecule has 0 aliphatic heterocycles. The highest BCUT2D eigenvalue weighted by Crippen LogP contribution is 2.28. The molecule has 3 aromatic carbocycles. The van der Waals surface area contributed by atoms with E-state index in [1.54, 1.807) is 37.3 Å². The first-order chi connectivity index (χ1) is 17.3. The third-order valence-electron chi connectivity index (χ3n) is 5.04. The molecule has 0 heterocycles. The van der Waals surface area contributed by atoms with Crippen LogP contribution in [0.1, 0.15) is 28.4 Å². The Kier molecular flexibility index (Phi) is 9.67. The van der Waals surface area contributed by atoms with Crippen LogP contribution in [0, 0.1) is 6.92 Å². The van der Waals surface area contributed by atoms with Crippen molar-refractivity contribution in [2.75, 3.05) is 16.2 Å². The number of sulfonamides is 1. The maximum atomic E-state index is 12.8. The van der Waals surface area contributed by atoms with Crippen LogP contribution < -0.4 is 9.62 Å². The number of carboxylic acid groups (broad SMARTS) is 2. The molecule has 37 heavy (non-hydrogen) atoms. The average Bonchev–Trinajstić information content (AvgIpc) is 2.83. The molecular weight excluding hydrogens is 513 g/mol. The largest absolute Gasteiger partial charge is 0.490 e. The zero-order valence-corrected chi connectivity index (χ0v) is 20.7. The van der Waals surface area contributed by atoms with Crippen molar-refractivity contribution in [2.45, 2.75) is 31.5 Å². The molecule has 0 radical (unpaired) electrons. The number of benzene rings is 3. The highest BCUT2D eigenvalue weighted by molar-refractivity contribution is 7.92. The van der Waals surface area contributed by atoms with Crippen LogP contribution >= 0.6 is 0 Å². The fourth-order valence-corrected chi connectivity index (χ4v) is 4.58. The predicted octanol–water partition coefficient (Wildman–Crippen LogP) is 5.15. The van der Waals surface area contributed by atoms with Gasteiger partial charge >= 0.3 is 18.1 Å². The van der Waals surface area contributed by atoms with Gasteiger partial charge in [-0.2, -0.15) is 13.2 Å². The average molecular weight is 539 g/mol. The van der Waals surface area contributed by atoms with Crippen molar-refractivity contribution in [3.8, 4) is 0 Å². The second-order valence-electron chi connectivity index (χ2n) is 7.71. The van der Waals surface area contributed by atoms with Gasteiger partial charge in [0.25, 0.3) is 10.0 Å². The lowest BCUT2D eigenvalue weighted by molar-refractivity contribution is -0.192. The van der Waals surface area contributed by atoms with Gasteiger partial charge in [-0.25, -0.2) is 18.0 Å². The Hall–Kier alpha value is -4.06. The highest BCUT2D eigenvalue weighted by Gasteiger charge is 2.38. The van der Waals surface area contributed by atoms with Crippen LogP contribution in [0.3, 0.4) is 0 Å². The van der Waals surface area contributed by atoms with Gasteiger partial charge in [-0.1, -0.05) is 48.5 Å². The monoisotopic (exact) mass is 538 g/mol. The molecule has 3 rings (SSSR count). The summed E-state index contributed by atoms with van der Waals surface area (Å²) in [6, 6.07) is 21.0. The quantitative estimate of drug-likeness (QED) is 0.362. The van der Waals surface area contributed by atoms with Gasteiger partial charge in [0.2, 0.25) is 0 Å². The summed E-state index contributed by atoms with van der Waals surface area (Å²) in [6.07, 6.45) is -5.08. The van der Waals surface area contributed by atoms with E-state index in [2.05, 4.69) is 4.72 Å². The minimum atomic E-state index is -5.08. The van der Waals surface area contributed by atoms with Gasteiger partial charge in [-0.3, -0.25) is 4.72 Å². The van der Waals surface area contributed by atoms with Crippen LogP contribution in [-0.2, 0) is 21.4 Å². The van der Waals surface area contributed by atoms with E-state index in [9.17, 15) is 31.5 Å². The van der Waals surface area contributed by atoms with Gasteiger partial charge in [0, 0.05) is 18.8 Å². The summed E-state index contributed by atoms with van der Waals surface area (Å²) >= 11 is 0. The van der Waals surface area contributed by atoms with Crippen LogP contribution in [0.2, 0.25) is 0 Å². The van der Waals surface area contributed by atoms with E-state index in [-0.39, 0.29) is 16.1 Å². The first kappa shape index (κ1) is 29.2. The van der Waals surface area contributed by atoms with Crippen LogP contribution in [0.4, 0.5) is 24.5 Å². The molecule has 8 nitrogen and oxygen atoms in total. The Bertz CT molecular complexity index is 1350. The Morgan fingerprint density at radius 1 is 0.946 bits per heavy atom. The molecule has 198 valence electrons. The molecule has 0 unspecified atom stereocenters. The number of nitrogens with one attached hydrogen (secondary N) is 1. The van der Waals surface area contributed by atoms with E-state index < -0.39 is 28.1 Å². The zero-order valence-electron chi connectivity index (χ0n) is 19.9. The summed E-state index contributed by atoms with van der Waals surface area (Å²) in [6.45, 7) is 4.81. The SMILES string of the molecule is CCN(Cc1ccccc1)c1ccc(NS(=O)(=O)c2ccccc2C)cc1C(=O)O.O=C(O)C(F)(F)F. The smallest absolute Gasteiger partial charge is 0.478 e. The molecule has 0 fully saturated rings. The lowest BCUT2D eigenvalue weighted by atomic mass is 10.1. The van der Waals surface area contributed by atoms with Crippen molar-refractivity contribution >= 4 is 33.3 Å². The van der Waals surface area contributed by atoms with Crippen molar-refractivity contribution < 1.29 is 41.4 Å². The minimum Gasteiger partial charge on any atom is -0.478 e. The number of rotatable bonds is 8. The lowest BCUT2D eigenvalue weighted by Gasteiger charge is -2.25. The molecule has 0 saturated carbocycles. The molecule has 3 aromatic rings. The predicted molar refractivity (Wildman–Crippen MR) is 132 cm³/mol. The number of carbonyl (C=O) groups is 2. The van der Waals surface area contributed by atoms with E-state index >= 15 is 0 Å². The number of halogens is 3. The third-order valence-corrected chi connectivity index (χ3v) is 6.58. The van der Waals surface area contributed by atoms with E-state index in [4.69, 9.17) is 9.90 Å². The van der Waals surface area contributed by atoms with E-state index in [0.29, 0.717) is 24.3 Å². The molecule has 0 aliphatic carbocycles. The van der Waals surface area contributed by atoms with E-state index in [0.717, 1.165) is 5.56 Å². The van der Waals surface area contributed by atoms with Crippen LogP contribution in [-0.4, -0.2) is 43.3 Å². The minimum absolute atomic E-state index is 0.0396. The summed E-state index contributed by atoms with van der Waals surface area (Å²) in [4.78, 5) is 22.9. The molecule has 0 bridgehead atoms.